The number of carbonyl (C=O) groups excluding carboxylic acids is 1. The second kappa shape index (κ2) is 4.42. The molecule has 2 aromatic rings. The van der Waals surface area contributed by atoms with Gasteiger partial charge in [-0.1, -0.05) is 42.5 Å². The van der Waals surface area contributed by atoms with E-state index < -0.39 is 0 Å². The lowest BCUT2D eigenvalue weighted by Crippen LogP contribution is -2.27. The van der Waals surface area contributed by atoms with Crippen LogP contribution in [0, 0.1) is 0 Å². The zero-order chi connectivity index (χ0) is 12.5. The van der Waals surface area contributed by atoms with Crippen LogP contribution in [0.1, 0.15) is 12.0 Å². The molecule has 3 nitrogen and oxygen atoms in total. The third-order valence-corrected chi connectivity index (χ3v) is 3.49. The van der Waals surface area contributed by atoms with Gasteiger partial charge >= 0.3 is 0 Å². The van der Waals surface area contributed by atoms with Crippen LogP contribution in [0.25, 0.3) is 10.8 Å². The summed E-state index contributed by atoms with van der Waals surface area (Å²) in [7, 11) is 0. The number of hydrogen-bond donors (Lipinski definition) is 1. The molecule has 1 aliphatic rings. The molecular formula is C15H16N2O. The number of nitrogens with zero attached hydrogens (tertiary/aromatic N) is 1. The van der Waals surface area contributed by atoms with Crippen molar-refractivity contribution in [2.75, 3.05) is 6.54 Å². The fourth-order valence-electron chi connectivity index (χ4n) is 2.59. The summed E-state index contributed by atoms with van der Waals surface area (Å²) in [6, 6.07) is 14.5. The van der Waals surface area contributed by atoms with E-state index in [9.17, 15) is 4.79 Å². The maximum absolute atomic E-state index is 11.8. The Balaban J connectivity index is 1.93. The van der Waals surface area contributed by atoms with E-state index in [4.69, 9.17) is 5.73 Å². The fraction of sp³-hybridized carbons (Fsp3) is 0.267. The van der Waals surface area contributed by atoms with Crippen molar-refractivity contribution < 1.29 is 4.79 Å². The minimum atomic E-state index is -0.00697. The Hall–Kier alpha value is -1.87. The van der Waals surface area contributed by atoms with Crippen LogP contribution in [0.2, 0.25) is 0 Å². The molecule has 2 N–H and O–H groups in total. The van der Waals surface area contributed by atoms with Crippen molar-refractivity contribution in [2.45, 2.75) is 19.0 Å². The second-order valence-electron chi connectivity index (χ2n) is 4.88. The molecule has 0 unspecified atom stereocenters. The maximum Gasteiger partial charge on any atom is 0.224 e. The molecule has 3 rings (SSSR count). The molecule has 3 heteroatoms. The van der Waals surface area contributed by atoms with Crippen LogP contribution in [-0.4, -0.2) is 23.4 Å². The van der Waals surface area contributed by atoms with Crippen LogP contribution in [0.4, 0.5) is 0 Å². The molecule has 1 amide bonds. The molecule has 1 saturated heterocycles. The van der Waals surface area contributed by atoms with Gasteiger partial charge in [0.2, 0.25) is 5.91 Å². The summed E-state index contributed by atoms with van der Waals surface area (Å²) in [5.74, 6) is 0.162. The number of nitrogens with two attached hydrogens (primary N) is 1. The number of fused-ring (bicyclic) bond motifs is 1. The molecular weight excluding hydrogens is 224 g/mol. The average molecular weight is 240 g/mol. The zero-order valence-electron chi connectivity index (χ0n) is 10.2. The van der Waals surface area contributed by atoms with E-state index in [0.29, 0.717) is 19.5 Å². The predicted molar refractivity (Wildman–Crippen MR) is 72.0 cm³/mol. The lowest BCUT2D eigenvalue weighted by atomic mass is 10.0. The summed E-state index contributed by atoms with van der Waals surface area (Å²) >= 11 is 0. The van der Waals surface area contributed by atoms with Crippen molar-refractivity contribution in [2.24, 2.45) is 5.73 Å². The van der Waals surface area contributed by atoms with Crippen LogP contribution in [0.15, 0.2) is 42.5 Å². The largest absolute Gasteiger partial charge is 0.337 e. The van der Waals surface area contributed by atoms with E-state index in [0.717, 1.165) is 0 Å². The van der Waals surface area contributed by atoms with Gasteiger partial charge in [0.15, 0.2) is 0 Å². The summed E-state index contributed by atoms with van der Waals surface area (Å²) in [5.41, 5.74) is 7.01. The van der Waals surface area contributed by atoms with Gasteiger partial charge in [0.25, 0.3) is 0 Å². The minimum Gasteiger partial charge on any atom is -0.337 e. The van der Waals surface area contributed by atoms with Gasteiger partial charge in [-0.2, -0.15) is 0 Å². The smallest absolute Gasteiger partial charge is 0.224 e. The number of benzene rings is 2. The monoisotopic (exact) mass is 240 g/mol. The first-order chi connectivity index (χ1) is 8.74. The zero-order valence-corrected chi connectivity index (χ0v) is 10.2. The topological polar surface area (TPSA) is 46.3 Å². The standard InChI is InChI=1S/C15H16N2O/c16-13-8-15(18)17(10-13)9-12-6-3-5-11-4-1-2-7-14(11)12/h1-7,13H,8-10,16H2/t13-/m1/s1. The molecule has 0 bridgehead atoms. The Morgan fingerprint density at radius 1 is 1.17 bits per heavy atom. The molecule has 1 atom stereocenters. The van der Waals surface area contributed by atoms with Crippen molar-refractivity contribution in [1.82, 2.24) is 4.90 Å². The number of likely N-dealkylation sites (tertiary alicyclic amines) is 1. The molecule has 1 fully saturated rings. The summed E-state index contributed by atoms with van der Waals surface area (Å²) in [5, 5.41) is 2.43. The molecule has 92 valence electrons. The highest BCUT2D eigenvalue weighted by Crippen LogP contribution is 2.21. The van der Waals surface area contributed by atoms with Gasteiger partial charge in [-0.05, 0) is 16.3 Å². The quantitative estimate of drug-likeness (QED) is 0.871. The Bertz CT molecular complexity index is 589. The first-order valence-electron chi connectivity index (χ1n) is 6.24. The molecule has 0 saturated carbocycles. The van der Waals surface area contributed by atoms with Gasteiger partial charge in [0.1, 0.15) is 0 Å². The molecule has 1 heterocycles. The predicted octanol–water partition coefficient (Wildman–Crippen LogP) is 1.90. The summed E-state index contributed by atoms with van der Waals surface area (Å²) in [6.45, 7) is 1.33. The van der Waals surface area contributed by atoms with Gasteiger partial charge < -0.3 is 10.6 Å². The maximum atomic E-state index is 11.8. The van der Waals surface area contributed by atoms with E-state index in [1.165, 1.54) is 16.3 Å². The van der Waals surface area contributed by atoms with Gasteiger partial charge in [-0.15, -0.1) is 0 Å². The Labute approximate surface area is 106 Å². The summed E-state index contributed by atoms with van der Waals surface area (Å²) in [6.07, 6.45) is 0.477. The first kappa shape index (κ1) is 11.2. The van der Waals surface area contributed by atoms with Gasteiger partial charge in [-0.3, -0.25) is 4.79 Å². The Morgan fingerprint density at radius 2 is 1.94 bits per heavy atom. The average Bonchev–Trinajstić information content (AvgIpc) is 2.68. The fourth-order valence-corrected chi connectivity index (χ4v) is 2.59. The summed E-state index contributed by atoms with van der Waals surface area (Å²) < 4.78 is 0. The van der Waals surface area contributed by atoms with E-state index in [-0.39, 0.29) is 11.9 Å². The van der Waals surface area contributed by atoms with Crippen molar-refractivity contribution in [3.63, 3.8) is 0 Å². The number of carbonyl (C=O) groups is 1. The third kappa shape index (κ3) is 1.97. The van der Waals surface area contributed by atoms with E-state index in [1.807, 2.05) is 23.1 Å². The minimum absolute atomic E-state index is 0.00697. The molecule has 1 aliphatic heterocycles. The lowest BCUT2D eigenvalue weighted by Gasteiger charge is -2.17. The highest BCUT2D eigenvalue weighted by molar-refractivity contribution is 5.86. The van der Waals surface area contributed by atoms with E-state index >= 15 is 0 Å². The number of rotatable bonds is 2. The second-order valence-corrected chi connectivity index (χ2v) is 4.88. The highest BCUT2D eigenvalue weighted by Gasteiger charge is 2.26. The molecule has 2 aromatic carbocycles. The van der Waals surface area contributed by atoms with E-state index in [1.54, 1.807) is 0 Å². The van der Waals surface area contributed by atoms with Crippen molar-refractivity contribution in [3.8, 4) is 0 Å². The SMILES string of the molecule is N[C@@H]1CC(=O)N(Cc2cccc3ccccc23)C1. The van der Waals surface area contributed by atoms with Crippen LogP contribution in [0.3, 0.4) is 0 Å². The molecule has 0 aromatic heterocycles. The molecule has 0 radical (unpaired) electrons. The third-order valence-electron chi connectivity index (χ3n) is 3.49. The van der Waals surface area contributed by atoms with Crippen molar-refractivity contribution in [3.05, 3.63) is 48.0 Å². The van der Waals surface area contributed by atoms with Gasteiger partial charge in [0.05, 0.1) is 0 Å². The Morgan fingerprint density at radius 3 is 2.72 bits per heavy atom. The van der Waals surface area contributed by atoms with Gasteiger partial charge in [-0.25, -0.2) is 0 Å². The molecule has 0 aliphatic carbocycles. The Kier molecular flexibility index (Phi) is 2.76. The number of hydrogen-bond acceptors (Lipinski definition) is 2. The van der Waals surface area contributed by atoms with Crippen LogP contribution >= 0.6 is 0 Å². The highest BCUT2D eigenvalue weighted by atomic mass is 16.2. The van der Waals surface area contributed by atoms with Crippen LogP contribution in [0.5, 0.6) is 0 Å². The van der Waals surface area contributed by atoms with Crippen LogP contribution < -0.4 is 5.73 Å². The van der Waals surface area contributed by atoms with Gasteiger partial charge in [0, 0.05) is 25.6 Å². The summed E-state index contributed by atoms with van der Waals surface area (Å²) in [4.78, 5) is 13.6. The van der Waals surface area contributed by atoms with E-state index in [2.05, 4.69) is 24.3 Å². The van der Waals surface area contributed by atoms with Crippen LogP contribution in [-0.2, 0) is 11.3 Å². The van der Waals surface area contributed by atoms with Crippen molar-refractivity contribution >= 4 is 16.7 Å². The lowest BCUT2D eigenvalue weighted by molar-refractivity contribution is -0.128. The molecule has 18 heavy (non-hydrogen) atoms. The number of amides is 1. The normalized spacial score (nSPS) is 19.7. The first-order valence-corrected chi connectivity index (χ1v) is 6.24. The molecule has 0 spiro atoms. The van der Waals surface area contributed by atoms with Crippen molar-refractivity contribution in [1.29, 1.82) is 0 Å².